The predicted molar refractivity (Wildman–Crippen MR) is 63.9 cm³/mol. The smallest absolute Gasteiger partial charge is 0.176 e. The van der Waals surface area contributed by atoms with E-state index in [1.54, 1.807) is 13.3 Å². The van der Waals surface area contributed by atoms with Gasteiger partial charge in [0.1, 0.15) is 12.2 Å². The first-order chi connectivity index (χ1) is 8.09. The Kier molecular flexibility index (Phi) is 3.08. The molecule has 0 saturated carbocycles. The summed E-state index contributed by atoms with van der Waals surface area (Å²) >= 11 is 0. The number of carbonyl (C=O) groups is 1. The monoisotopic (exact) mass is 232 g/mol. The number of rotatable bonds is 4. The molecule has 17 heavy (non-hydrogen) atoms. The molecule has 0 N–H and O–H groups in total. The number of aromatic nitrogens is 4. The van der Waals surface area contributed by atoms with E-state index in [1.807, 2.05) is 27.6 Å². The number of hydrogen-bond acceptors (Lipinski definition) is 3. The van der Waals surface area contributed by atoms with E-state index in [0.717, 1.165) is 5.82 Å². The van der Waals surface area contributed by atoms with E-state index in [9.17, 15) is 4.79 Å². The summed E-state index contributed by atoms with van der Waals surface area (Å²) < 4.78 is 3.76. The molecule has 0 spiro atoms. The minimum Gasteiger partial charge on any atom is -0.337 e. The highest BCUT2D eigenvalue weighted by Crippen LogP contribution is 2.10. The largest absolute Gasteiger partial charge is 0.337 e. The number of Topliss-reactive ketones (excluding diaryl/α,β-unsaturated/α-hetero) is 1. The molecule has 2 heterocycles. The normalized spacial score (nSPS) is 11.1. The van der Waals surface area contributed by atoms with Crippen molar-refractivity contribution in [1.29, 1.82) is 0 Å². The van der Waals surface area contributed by atoms with Crippen LogP contribution in [0.2, 0.25) is 0 Å². The van der Waals surface area contributed by atoms with E-state index in [0.29, 0.717) is 12.2 Å². The highest BCUT2D eigenvalue weighted by Gasteiger charge is 2.11. The lowest BCUT2D eigenvalue weighted by molar-refractivity contribution is 0.100. The second-order valence-corrected chi connectivity index (χ2v) is 4.29. The zero-order valence-corrected chi connectivity index (χ0v) is 10.3. The number of nitrogens with zero attached hydrogens (tertiary/aromatic N) is 4. The van der Waals surface area contributed by atoms with Gasteiger partial charge in [-0.25, -0.2) is 9.67 Å². The molecule has 0 amide bonds. The fraction of sp³-hybridized carbons (Fsp3) is 0.417. The SMILES string of the molecule is CC(=O)c1cccn1Cc1ncnn1C(C)C. The number of ketones is 1. The standard InChI is InChI=1S/C12H16N4O/c1-9(2)16-12(13-8-14-16)7-15-6-4-5-11(15)10(3)17/h4-6,8-9H,7H2,1-3H3. The molecule has 5 heteroatoms. The lowest BCUT2D eigenvalue weighted by atomic mass is 10.3. The molecule has 0 radical (unpaired) electrons. The molecule has 0 fully saturated rings. The van der Waals surface area contributed by atoms with Crippen molar-refractivity contribution in [3.8, 4) is 0 Å². The molecule has 0 aliphatic rings. The predicted octanol–water partition coefficient (Wildman–Crippen LogP) is 1.91. The minimum atomic E-state index is 0.0608. The van der Waals surface area contributed by atoms with E-state index in [1.165, 1.54) is 0 Å². The van der Waals surface area contributed by atoms with Crippen LogP contribution < -0.4 is 0 Å². The van der Waals surface area contributed by atoms with Gasteiger partial charge in [-0.05, 0) is 26.0 Å². The second kappa shape index (κ2) is 4.53. The van der Waals surface area contributed by atoms with Crippen molar-refractivity contribution in [3.05, 3.63) is 36.2 Å². The summed E-state index contributed by atoms with van der Waals surface area (Å²) in [5.41, 5.74) is 0.698. The average molecular weight is 232 g/mol. The van der Waals surface area contributed by atoms with Crippen LogP contribution in [0.15, 0.2) is 24.7 Å². The summed E-state index contributed by atoms with van der Waals surface area (Å²) in [6.07, 6.45) is 3.43. The Morgan fingerprint density at radius 2 is 2.24 bits per heavy atom. The molecule has 0 aromatic carbocycles. The van der Waals surface area contributed by atoms with Crippen LogP contribution in [0.25, 0.3) is 0 Å². The van der Waals surface area contributed by atoms with Gasteiger partial charge in [-0.3, -0.25) is 4.79 Å². The van der Waals surface area contributed by atoms with E-state index < -0.39 is 0 Å². The summed E-state index contributed by atoms with van der Waals surface area (Å²) in [5, 5.41) is 4.18. The van der Waals surface area contributed by atoms with Gasteiger partial charge in [0, 0.05) is 19.2 Å². The van der Waals surface area contributed by atoms with Gasteiger partial charge in [-0.2, -0.15) is 5.10 Å². The maximum atomic E-state index is 11.4. The van der Waals surface area contributed by atoms with Crippen LogP contribution in [0.3, 0.4) is 0 Å². The van der Waals surface area contributed by atoms with Gasteiger partial charge in [0.05, 0.1) is 12.2 Å². The van der Waals surface area contributed by atoms with Crippen LogP contribution in [-0.2, 0) is 6.54 Å². The third-order valence-electron chi connectivity index (χ3n) is 2.64. The van der Waals surface area contributed by atoms with E-state index in [2.05, 4.69) is 23.9 Å². The summed E-state index contributed by atoms with van der Waals surface area (Å²) in [6, 6.07) is 3.95. The van der Waals surface area contributed by atoms with Crippen molar-refractivity contribution in [2.24, 2.45) is 0 Å². The average Bonchev–Trinajstić information content (AvgIpc) is 2.86. The zero-order chi connectivity index (χ0) is 12.4. The van der Waals surface area contributed by atoms with E-state index >= 15 is 0 Å². The fourth-order valence-electron chi connectivity index (χ4n) is 1.84. The fourth-order valence-corrected chi connectivity index (χ4v) is 1.84. The maximum absolute atomic E-state index is 11.4. The van der Waals surface area contributed by atoms with E-state index in [4.69, 9.17) is 0 Å². The molecule has 0 unspecified atom stereocenters. The Balaban J connectivity index is 2.29. The zero-order valence-electron chi connectivity index (χ0n) is 10.3. The van der Waals surface area contributed by atoms with Gasteiger partial charge >= 0.3 is 0 Å². The molecule has 90 valence electrons. The van der Waals surface area contributed by atoms with Gasteiger partial charge in [0.15, 0.2) is 5.78 Å². The molecule has 2 aromatic heterocycles. The molecule has 0 saturated heterocycles. The molecular formula is C12H16N4O. The Labute approximate surface area is 100 Å². The first-order valence-electron chi connectivity index (χ1n) is 5.64. The summed E-state index contributed by atoms with van der Waals surface area (Å²) in [4.78, 5) is 15.6. The molecule has 0 bridgehead atoms. The third-order valence-corrected chi connectivity index (χ3v) is 2.64. The van der Waals surface area contributed by atoms with Crippen LogP contribution in [0.1, 0.15) is 43.1 Å². The minimum absolute atomic E-state index is 0.0608. The Bertz CT molecular complexity index is 524. The summed E-state index contributed by atoms with van der Waals surface area (Å²) in [6.45, 7) is 6.25. The molecule has 0 atom stereocenters. The van der Waals surface area contributed by atoms with Crippen molar-refractivity contribution in [1.82, 2.24) is 19.3 Å². The highest BCUT2D eigenvalue weighted by atomic mass is 16.1. The first-order valence-corrected chi connectivity index (χ1v) is 5.64. The van der Waals surface area contributed by atoms with Crippen molar-refractivity contribution in [2.75, 3.05) is 0 Å². The molecule has 5 nitrogen and oxygen atoms in total. The quantitative estimate of drug-likeness (QED) is 0.757. The number of carbonyl (C=O) groups excluding carboxylic acids is 1. The van der Waals surface area contributed by atoms with Crippen LogP contribution in [0.5, 0.6) is 0 Å². The van der Waals surface area contributed by atoms with Crippen LogP contribution >= 0.6 is 0 Å². The van der Waals surface area contributed by atoms with Crippen molar-refractivity contribution in [3.63, 3.8) is 0 Å². The van der Waals surface area contributed by atoms with Crippen LogP contribution in [0.4, 0.5) is 0 Å². The Hall–Kier alpha value is -1.91. The van der Waals surface area contributed by atoms with E-state index in [-0.39, 0.29) is 11.8 Å². The Morgan fingerprint density at radius 1 is 1.47 bits per heavy atom. The maximum Gasteiger partial charge on any atom is 0.176 e. The third kappa shape index (κ3) is 2.27. The van der Waals surface area contributed by atoms with Gasteiger partial charge in [-0.1, -0.05) is 0 Å². The molecular weight excluding hydrogens is 216 g/mol. The van der Waals surface area contributed by atoms with Gasteiger partial charge in [-0.15, -0.1) is 0 Å². The van der Waals surface area contributed by atoms with Crippen LogP contribution in [-0.4, -0.2) is 25.1 Å². The van der Waals surface area contributed by atoms with Crippen molar-refractivity contribution >= 4 is 5.78 Å². The highest BCUT2D eigenvalue weighted by molar-refractivity contribution is 5.92. The van der Waals surface area contributed by atoms with Crippen LogP contribution in [0, 0.1) is 0 Å². The molecule has 2 rings (SSSR count). The number of hydrogen-bond donors (Lipinski definition) is 0. The molecule has 2 aromatic rings. The van der Waals surface area contributed by atoms with Crippen molar-refractivity contribution in [2.45, 2.75) is 33.4 Å². The van der Waals surface area contributed by atoms with Crippen molar-refractivity contribution < 1.29 is 4.79 Å². The van der Waals surface area contributed by atoms with Gasteiger partial charge in [0.2, 0.25) is 0 Å². The topological polar surface area (TPSA) is 52.7 Å². The van der Waals surface area contributed by atoms with Gasteiger partial charge in [0.25, 0.3) is 0 Å². The summed E-state index contributed by atoms with van der Waals surface area (Å²) in [7, 11) is 0. The lowest BCUT2D eigenvalue weighted by Gasteiger charge is -2.11. The molecule has 0 aliphatic heterocycles. The summed E-state index contributed by atoms with van der Waals surface area (Å²) in [5.74, 6) is 0.921. The molecule has 0 aliphatic carbocycles. The lowest BCUT2D eigenvalue weighted by Crippen LogP contribution is -2.14. The second-order valence-electron chi connectivity index (χ2n) is 4.29. The first kappa shape index (κ1) is 11.6. The van der Waals surface area contributed by atoms with Gasteiger partial charge < -0.3 is 4.57 Å². The Morgan fingerprint density at radius 3 is 2.88 bits per heavy atom.